The zero-order valence-corrected chi connectivity index (χ0v) is 22.1. The lowest BCUT2D eigenvalue weighted by Crippen LogP contribution is -2.25. The van der Waals surface area contributed by atoms with E-state index in [2.05, 4.69) is 75.5 Å². The van der Waals surface area contributed by atoms with Gasteiger partial charge in [-0.3, -0.25) is 0 Å². The summed E-state index contributed by atoms with van der Waals surface area (Å²) in [4.78, 5) is 0. The Morgan fingerprint density at radius 1 is 0.600 bits per heavy atom. The number of nitrogens with one attached hydrogen (secondary N) is 1. The lowest BCUT2D eigenvalue weighted by atomic mass is 9.92. The number of rotatable bonds is 9. The van der Waals surface area contributed by atoms with Crippen LogP contribution in [0.2, 0.25) is 0 Å². The van der Waals surface area contributed by atoms with Crippen LogP contribution in [0.15, 0.2) is 109 Å². The minimum Gasteiger partial charge on any atom is -0.377 e. The number of benzene rings is 4. The predicted molar refractivity (Wildman–Crippen MR) is 152 cm³/mol. The molecule has 0 fully saturated rings. The third-order valence-corrected chi connectivity index (χ3v) is 9.82. The van der Waals surface area contributed by atoms with E-state index in [1.165, 1.54) is 16.8 Å². The summed E-state index contributed by atoms with van der Waals surface area (Å²) in [6.07, 6.45) is 0.495. The molecule has 0 radical (unpaired) electrons. The van der Waals surface area contributed by atoms with Crippen LogP contribution < -0.4 is 15.9 Å². The molecule has 4 aromatic carbocycles. The van der Waals surface area contributed by atoms with E-state index in [1.807, 2.05) is 66.7 Å². The molecule has 1 atom stereocenters. The molecule has 1 N–H and O–H groups in total. The quantitative estimate of drug-likeness (QED) is 0.245. The van der Waals surface area contributed by atoms with E-state index >= 15 is 0 Å². The first-order valence-corrected chi connectivity index (χ1v) is 14.4. The van der Waals surface area contributed by atoms with Gasteiger partial charge in [-0.2, -0.15) is 0 Å². The third-order valence-electron chi connectivity index (χ3n) is 6.68. The van der Waals surface area contributed by atoms with Crippen molar-refractivity contribution in [3.63, 3.8) is 0 Å². The Bertz CT molecular complexity index is 1200. The maximum atomic E-state index is 15.0. The summed E-state index contributed by atoms with van der Waals surface area (Å²) >= 11 is 0. The molecule has 0 aromatic heterocycles. The molecule has 0 bridgehead atoms. The Labute approximate surface area is 210 Å². The van der Waals surface area contributed by atoms with Crippen molar-refractivity contribution in [2.45, 2.75) is 45.6 Å². The van der Waals surface area contributed by atoms with Crippen molar-refractivity contribution >= 4 is 23.4 Å². The maximum absolute atomic E-state index is 15.0. The van der Waals surface area contributed by atoms with Crippen molar-refractivity contribution in [3.05, 3.63) is 126 Å². The molecular formula is C32H36NOP. The molecule has 0 aliphatic heterocycles. The molecule has 4 aromatic rings. The second kappa shape index (κ2) is 11.1. The smallest absolute Gasteiger partial charge is 0.145 e. The van der Waals surface area contributed by atoms with Crippen LogP contribution >= 0.6 is 7.14 Å². The summed E-state index contributed by atoms with van der Waals surface area (Å²) in [6.45, 7) is 8.95. The number of hydrogen-bond donors (Lipinski definition) is 1. The molecule has 0 aliphatic rings. The molecule has 0 heterocycles. The van der Waals surface area contributed by atoms with Gasteiger partial charge in [0.25, 0.3) is 0 Å². The predicted octanol–water partition coefficient (Wildman–Crippen LogP) is 8.10. The van der Waals surface area contributed by atoms with Crippen molar-refractivity contribution < 1.29 is 4.57 Å². The lowest BCUT2D eigenvalue weighted by molar-refractivity contribution is 0.584. The highest BCUT2D eigenvalue weighted by Crippen LogP contribution is 2.48. The number of para-hydroxylation sites is 1. The van der Waals surface area contributed by atoms with Gasteiger partial charge in [-0.05, 0) is 28.5 Å². The minimum atomic E-state index is -2.92. The van der Waals surface area contributed by atoms with Gasteiger partial charge in [0.05, 0.1) is 6.04 Å². The van der Waals surface area contributed by atoms with Crippen LogP contribution in [0.5, 0.6) is 0 Å². The molecule has 35 heavy (non-hydrogen) atoms. The average Bonchev–Trinajstić information content (AvgIpc) is 2.89. The topological polar surface area (TPSA) is 29.1 Å². The fourth-order valence-corrected chi connectivity index (χ4v) is 7.61. The molecule has 0 amide bonds. The van der Waals surface area contributed by atoms with Crippen LogP contribution in [0.1, 0.15) is 62.3 Å². The molecule has 1 unspecified atom stereocenters. The zero-order valence-electron chi connectivity index (χ0n) is 21.2. The SMILES string of the molecule is CC(C)c1cccc(C(C)C)c1NC(CP(=O)(c1ccccc1)c1ccccc1)c1ccccc1. The van der Waals surface area contributed by atoms with E-state index in [9.17, 15) is 4.57 Å². The second-order valence-corrected chi connectivity index (χ2v) is 12.7. The Balaban J connectivity index is 1.86. The number of hydrogen-bond acceptors (Lipinski definition) is 2. The highest BCUT2D eigenvalue weighted by Gasteiger charge is 2.32. The summed E-state index contributed by atoms with van der Waals surface area (Å²) in [5.41, 5.74) is 4.92. The largest absolute Gasteiger partial charge is 0.377 e. The van der Waals surface area contributed by atoms with Gasteiger partial charge < -0.3 is 9.88 Å². The van der Waals surface area contributed by atoms with E-state index < -0.39 is 7.14 Å². The van der Waals surface area contributed by atoms with E-state index in [4.69, 9.17) is 0 Å². The zero-order chi connectivity index (χ0) is 24.8. The third kappa shape index (κ3) is 5.60. The van der Waals surface area contributed by atoms with Crippen LogP contribution in [0.25, 0.3) is 0 Å². The Hall–Kier alpha value is -3.09. The average molecular weight is 482 g/mol. The first kappa shape index (κ1) is 25.0. The Kier molecular flexibility index (Phi) is 7.93. The highest BCUT2D eigenvalue weighted by molar-refractivity contribution is 7.78. The molecule has 2 nitrogen and oxygen atoms in total. The van der Waals surface area contributed by atoms with Crippen molar-refractivity contribution in [1.82, 2.24) is 0 Å². The van der Waals surface area contributed by atoms with Gasteiger partial charge in [-0.15, -0.1) is 0 Å². The summed E-state index contributed by atoms with van der Waals surface area (Å²) < 4.78 is 15.0. The first-order valence-electron chi connectivity index (χ1n) is 12.5. The summed E-state index contributed by atoms with van der Waals surface area (Å²) in [5.74, 6) is 0.755. The van der Waals surface area contributed by atoms with E-state index in [1.54, 1.807) is 0 Å². The van der Waals surface area contributed by atoms with Crippen molar-refractivity contribution in [2.24, 2.45) is 0 Å². The van der Waals surface area contributed by atoms with Crippen LogP contribution in [-0.4, -0.2) is 6.16 Å². The molecule has 0 aliphatic carbocycles. The molecule has 4 rings (SSSR count). The van der Waals surface area contributed by atoms with Gasteiger partial charge in [0.15, 0.2) is 0 Å². The Morgan fingerprint density at radius 2 is 1.03 bits per heavy atom. The molecule has 180 valence electrons. The molecule has 3 heteroatoms. The van der Waals surface area contributed by atoms with E-state index in [0.29, 0.717) is 18.0 Å². The van der Waals surface area contributed by atoms with Gasteiger partial charge in [0.1, 0.15) is 7.14 Å². The highest BCUT2D eigenvalue weighted by atomic mass is 31.2. The summed E-state index contributed by atoms with van der Waals surface area (Å²) in [7, 11) is -2.92. The summed E-state index contributed by atoms with van der Waals surface area (Å²) in [5, 5.41) is 5.71. The lowest BCUT2D eigenvalue weighted by Gasteiger charge is -2.30. The molecular weight excluding hydrogens is 445 g/mol. The summed E-state index contributed by atoms with van der Waals surface area (Å²) in [6, 6.07) is 36.9. The molecule has 0 saturated heterocycles. The number of anilines is 1. The monoisotopic (exact) mass is 481 g/mol. The van der Waals surface area contributed by atoms with E-state index in [0.717, 1.165) is 16.2 Å². The van der Waals surface area contributed by atoms with Crippen molar-refractivity contribution in [1.29, 1.82) is 0 Å². The van der Waals surface area contributed by atoms with E-state index in [-0.39, 0.29) is 6.04 Å². The van der Waals surface area contributed by atoms with Crippen LogP contribution in [0.3, 0.4) is 0 Å². The van der Waals surface area contributed by atoms with Gasteiger partial charge >= 0.3 is 0 Å². The Morgan fingerprint density at radius 3 is 1.46 bits per heavy atom. The van der Waals surface area contributed by atoms with Crippen molar-refractivity contribution in [2.75, 3.05) is 11.5 Å². The van der Waals surface area contributed by atoms with Gasteiger partial charge in [0.2, 0.25) is 0 Å². The maximum Gasteiger partial charge on any atom is 0.145 e. The van der Waals surface area contributed by atoms with Crippen LogP contribution in [0.4, 0.5) is 5.69 Å². The molecule has 0 spiro atoms. The second-order valence-electron chi connectivity index (χ2n) is 9.82. The minimum absolute atomic E-state index is 0.111. The van der Waals surface area contributed by atoms with Gasteiger partial charge in [-0.25, -0.2) is 0 Å². The van der Waals surface area contributed by atoms with Crippen LogP contribution in [-0.2, 0) is 4.57 Å². The normalized spacial score (nSPS) is 12.6. The first-order chi connectivity index (χ1) is 16.9. The fraction of sp³-hybridized carbons (Fsp3) is 0.250. The van der Waals surface area contributed by atoms with Crippen molar-refractivity contribution in [3.8, 4) is 0 Å². The van der Waals surface area contributed by atoms with Gasteiger partial charge in [0, 0.05) is 22.5 Å². The fourth-order valence-electron chi connectivity index (χ4n) is 4.77. The molecule has 0 saturated carbocycles. The van der Waals surface area contributed by atoms with Gasteiger partial charge in [-0.1, -0.05) is 137 Å². The standard InChI is InChI=1S/C32H36NOP/c1-24(2)29-21-14-22-30(25(3)4)32(29)33-31(26-15-8-5-9-16-26)23-35(34,27-17-10-6-11-18-27)28-19-12-7-13-20-28/h5-22,24-25,31,33H,23H2,1-4H3. The van der Waals surface area contributed by atoms with Crippen LogP contribution in [0, 0.1) is 0 Å².